The van der Waals surface area contributed by atoms with Gasteiger partial charge in [0.25, 0.3) is 0 Å². The summed E-state index contributed by atoms with van der Waals surface area (Å²) in [5.74, 6) is -9.77. The van der Waals surface area contributed by atoms with Crippen molar-refractivity contribution in [2.75, 3.05) is 7.11 Å². The monoisotopic (exact) mass is 678 g/mol. The van der Waals surface area contributed by atoms with Crippen LogP contribution < -0.4 is 9.47 Å². The number of carbonyl (C=O) groups is 6. The molecular weight excluding hydrogens is 644 g/mol. The molecule has 1 aromatic carbocycles. The van der Waals surface area contributed by atoms with Gasteiger partial charge in [-0.1, -0.05) is 13.0 Å². The number of rotatable bonds is 13. The number of hydrogen-bond acceptors (Lipinski definition) is 14. The summed E-state index contributed by atoms with van der Waals surface area (Å²) in [5, 5.41) is 58.9. The van der Waals surface area contributed by atoms with E-state index in [1.54, 1.807) is 6.07 Å². The van der Waals surface area contributed by atoms with E-state index in [-0.39, 0.29) is 24.0 Å². The topological polar surface area (TPSA) is 270 Å². The van der Waals surface area contributed by atoms with Gasteiger partial charge in [-0.2, -0.15) is 0 Å². The number of esters is 3. The van der Waals surface area contributed by atoms with E-state index in [4.69, 9.17) is 29.2 Å². The van der Waals surface area contributed by atoms with Crippen LogP contribution in [0.4, 0.5) is 0 Å². The maximum Gasteiger partial charge on any atom is 0.348 e. The molecule has 1 fully saturated rings. The standard InChI is InChI=1S/C31H34O17/c1-12-5-7-30-21-13-3-4-15(44-2)24(21)48-25(30)16(6-8-31(30,43)14(12)9-13)45-20(34)11-18(47-29(42)23(36)22(35)27(39)40)28(41)46-17(26(37)38)10-19(32)33/h3-4,6,12,14,17-18,22-23,25,35-36,43H,5,7-11H2,1-2H3,(H,32,33)(H,37,38)(H,39,40)/t12?,14-,17+,18-,22+,23+,25-,30-,31+/m0/s1. The Bertz CT molecular complexity index is 1580. The van der Waals surface area contributed by atoms with Crippen molar-refractivity contribution in [3.63, 3.8) is 0 Å². The zero-order chi connectivity index (χ0) is 35.3. The minimum atomic E-state index is -2.75. The van der Waals surface area contributed by atoms with E-state index in [0.29, 0.717) is 24.3 Å². The predicted molar refractivity (Wildman–Crippen MR) is 152 cm³/mol. The Kier molecular flexibility index (Phi) is 9.15. The summed E-state index contributed by atoms with van der Waals surface area (Å²) in [6.45, 7) is 2.06. The molecule has 0 aromatic heterocycles. The number of carboxylic acids is 3. The van der Waals surface area contributed by atoms with Crippen LogP contribution in [0.1, 0.15) is 50.2 Å². The van der Waals surface area contributed by atoms with Crippen molar-refractivity contribution in [2.45, 2.75) is 87.0 Å². The molecule has 1 aromatic rings. The largest absolute Gasteiger partial charge is 0.493 e. The molecule has 1 unspecified atom stereocenters. The lowest BCUT2D eigenvalue weighted by Crippen LogP contribution is -2.69. The summed E-state index contributed by atoms with van der Waals surface area (Å²) in [6, 6.07) is 3.66. The smallest absolute Gasteiger partial charge is 0.348 e. The zero-order valence-electron chi connectivity index (χ0n) is 25.7. The van der Waals surface area contributed by atoms with Crippen LogP contribution in [0.3, 0.4) is 0 Å². The van der Waals surface area contributed by atoms with E-state index in [1.807, 2.05) is 6.07 Å². The second-order valence-electron chi connectivity index (χ2n) is 12.4. The molecular formula is C31H34O17. The van der Waals surface area contributed by atoms with Crippen molar-refractivity contribution in [3.8, 4) is 11.5 Å². The van der Waals surface area contributed by atoms with E-state index in [1.165, 1.54) is 13.2 Å². The fourth-order valence-corrected chi connectivity index (χ4v) is 7.49. The average Bonchev–Trinajstić information content (AvgIpc) is 3.38. The van der Waals surface area contributed by atoms with Gasteiger partial charge in [0.2, 0.25) is 12.2 Å². The summed E-state index contributed by atoms with van der Waals surface area (Å²) in [6.07, 6.45) is -10.3. The lowest BCUT2D eigenvalue weighted by Gasteiger charge is -2.61. The van der Waals surface area contributed by atoms with Crippen LogP contribution in [0.5, 0.6) is 11.5 Å². The maximum absolute atomic E-state index is 13.3. The first-order valence-electron chi connectivity index (χ1n) is 15.0. The van der Waals surface area contributed by atoms with Crippen LogP contribution in [-0.4, -0.2) is 110 Å². The van der Waals surface area contributed by atoms with Gasteiger partial charge in [-0.25, -0.2) is 19.2 Å². The van der Waals surface area contributed by atoms with Crippen LogP contribution in [0.2, 0.25) is 0 Å². The molecule has 6 N–H and O–H groups in total. The Hall–Kier alpha value is -4.74. The second-order valence-corrected chi connectivity index (χ2v) is 12.4. The molecule has 3 aliphatic carbocycles. The third kappa shape index (κ3) is 5.60. The van der Waals surface area contributed by atoms with Gasteiger partial charge in [-0.05, 0) is 55.2 Å². The number of methoxy groups -OCH3 is 1. The fraction of sp³-hybridized carbons (Fsp3) is 0.548. The van der Waals surface area contributed by atoms with Crippen molar-refractivity contribution in [2.24, 2.45) is 11.8 Å². The zero-order valence-corrected chi connectivity index (χ0v) is 25.7. The van der Waals surface area contributed by atoms with Crippen LogP contribution in [0.15, 0.2) is 24.0 Å². The first-order valence-corrected chi connectivity index (χ1v) is 15.0. The molecule has 48 heavy (non-hydrogen) atoms. The highest BCUT2D eigenvalue weighted by Crippen LogP contribution is 2.68. The third-order valence-corrected chi connectivity index (χ3v) is 9.73. The van der Waals surface area contributed by atoms with Crippen LogP contribution in [-0.2, 0) is 54.8 Å². The SMILES string of the molecule is COc1ccc2c3c1O[C@H]1C(OC(=O)C[C@H](OC(=O)[C@H](O)[C@@H](O)C(=O)O)C(=O)O[C@H](CC(=O)O)C(=O)O)=CC[C@@]4(O)[C@@H](C2)C(C)CC[C@]314. The van der Waals surface area contributed by atoms with Gasteiger partial charge in [0, 0.05) is 5.56 Å². The summed E-state index contributed by atoms with van der Waals surface area (Å²) < 4.78 is 27.0. The summed E-state index contributed by atoms with van der Waals surface area (Å²) in [5.41, 5.74) is -0.624. The van der Waals surface area contributed by atoms with Gasteiger partial charge in [-0.15, -0.1) is 0 Å². The Labute approximate surface area is 271 Å². The molecule has 2 bridgehead atoms. The van der Waals surface area contributed by atoms with Crippen LogP contribution in [0, 0.1) is 11.8 Å². The molecule has 1 spiro atoms. The average molecular weight is 679 g/mol. The Balaban J connectivity index is 1.43. The molecule has 17 heteroatoms. The molecule has 5 rings (SSSR count). The minimum absolute atomic E-state index is 0.0434. The number of aliphatic hydroxyl groups excluding tert-OH is 2. The Morgan fingerprint density at radius 3 is 2.27 bits per heavy atom. The van der Waals surface area contributed by atoms with Gasteiger partial charge in [-0.3, -0.25) is 9.59 Å². The number of ether oxygens (including phenoxy) is 5. The van der Waals surface area contributed by atoms with Crippen molar-refractivity contribution in [1.29, 1.82) is 0 Å². The molecule has 0 saturated heterocycles. The number of aliphatic hydroxyl groups is 3. The molecule has 1 aliphatic heterocycles. The lowest BCUT2D eigenvalue weighted by atomic mass is 9.45. The highest BCUT2D eigenvalue weighted by molar-refractivity contribution is 5.90. The Morgan fingerprint density at radius 2 is 1.65 bits per heavy atom. The number of aliphatic carboxylic acids is 3. The van der Waals surface area contributed by atoms with E-state index in [9.17, 15) is 49.2 Å². The van der Waals surface area contributed by atoms with Gasteiger partial charge in [0.1, 0.15) is 5.76 Å². The molecule has 1 saturated carbocycles. The van der Waals surface area contributed by atoms with E-state index < -0.39 is 90.2 Å². The van der Waals surface area contributed by atoms with E-state index in [2.05, 4.69) is 11.7 Å². The maximum atomic E-state index is 13.3. The highest BCUT2D eigenvalue weighted by Gasteiger charge is 2.72. The van der Waals surface area contributed by atoms with E-state index in [0.717, 1.165) is 17.5 Å². The number of carbonyl (C=O) groups excluding carboxylic acids is 3. The van der Waals surface area contributed by atoms with Crippen LogP contribution >= 0.6 is 0 Å². The summed E-state index contributed by atoms with van der Waals surface area (Å²) in [7, 11) is 1.46. The van der Waals surface area contributed by atoms with Crippen molar-refractivity contribution >= 4 is 35.8 Å². The Morgan fingerprint density at radius 1 is 0.958 bits per heavy atom. The summed E-state index contributed by atoms with van der Waals surface area (Å²) in [4.78, 5) is 72.3. The molecule has 0 amide bonds. The molecule has 17 nitrogen and oxygen atoms in total. The molecule has 1 heterocycles. The first-order chi connectivity index (χ1) is 22.5. The highest BCUT2D eigenvalue weighted by atomic mass is 16.6. The molecule has 9 atom stereocenters. The van der Waals surface area contributed by atoms with Crippen molar-refractivity contribution in [1.82, 2.24) is 0 Å². The van der Waals surface area contributed by atoms with Gasteiger partial charge in [0.15, 0.2) is 29.8 Å². The lowest BCUT2D eigenvalue weighted by molar-refractivity contribution is -0.188. The third-order valence-electron chi connectivity index (χ3n) is 9.73. The summed E-state index contributed by atoms with van der Waals surface area (Å²) >= 11 is 0. The molecule has 4 aliphatic rings. The molecule has 260 valence electrons. The van der Waals surface area contributed by atoms with Crippen molar-refractivity contribution in [3.05, 3.63) is 35.1 Å². The van der Waals surface area contributed by atoms with Gasteiger partial charge in [0.05, 0.1) is 31.0 Å². The number of carboxylic acid groups (broad SMARTS) is 3. The fourth-order valence-electron chi connectivity index (χ4n) is 7.49. The van der Waals surface area contributed by atoms with Gasteiger partial charge < -0.3 is 54.3 Å². The van der Waals surface area contributed by atoms with Gasteiger partial charge >= 0.3 is 35.8 Å². The second kappa shape index (κ2) is 12.7. The number of hydrogen-bond donors (Lipinski definition) is 6. The quantitative estimate of drug-likeness (QED) is 0.113. The van der Waals surface area contributed by atoms with Crippen molar-refractivity contribution < 1.29 is 83.1 Å². The first kappa shape index (κ1) is 34.6. The molecule has 0 radical (unpaired) electrons. The number of benzene rings is 1. The normalized spacial score (nSPS) is 28.6. The predicted octanol–water partition coefficient (Wildman–Crippen LogP) is -0.562. The van der Waals surface area contributed by atoms with Crippen LogP contribution in [0.25, 0.3) is 0 Å². The minimum Gasteiger partial charge on any atom is -0.493 e. The van der Waals surface area contributed by atoms with E-state index >= 15 is 0 Å².